The Bertz CT molecular complexity index is 847. The Morgan fingerprint density at radius 3 is 2.38 bits per heavy atom. The van der Waals surface area contributed by atoms with E-state index >= 15 is 0 Å². The summed E-state index contributed by atoms with van der Waals surface area (Å²) in [4.78, 5) is 0. The lowest BCUT2D eigenvalue weighted by Gasteiger charge is -2.39. The first-order chi connectivity index (χ1) is 11.8. The van der Waals surface area contributed by atoms with Crippen molar-refractivity contribution in [3.63, 3.8) is 0 Å². The van der Waals surface area contributed by atoms with Crippen molar-refractivity contribution in [2.24, 2.45) is 0 Å². The number of benzene rings is 3. The van der Waals surface area contributed by atoms with Crippen LogP contribution in [0.4, 0.5) is 5.69 Å². The highest BCUT2D eigenvalue weighted by Gasteiger charge is 2.41. The predicted octanol–water partition coefficient (Wildman–Crippen LogP) is 4.53. The van der Waals surface area contributed by atoms with Gasteiger partial charge >= 0.3 is 0 Å². The van der Waals surface area contributed by atoms with Crippen LogP contribution in [0.2, 0.25) is 0 Å². The number of nitrogens with two attached hydrogens (primary N) is 1. The quantitative estimate of drug-likeness (QED) is 0.722. The number of rotatable bonds is 3. The van der Waals surface area contributed by atoms with Crippen molar-refractivity contribution in [1.82, 2.24) is 0 Å². The number of ether oxygens (including phenoxy) is 2. The molecule has 1 atom stereocenters. The molecule has 24 heavy (non-hydrogen) atoms. The van der Waals surface area contributed by atoms with E-state index in [0.29, 0.717) is 11.4 Å². The number of hydrogen-bond donors (Lipinski definition) is 1. The molecule has 3 aromatic carbocycles. The summed E-state index contributed by atoms with van der Waals surface area (Å²) in [5, 5.41) is 0. The topological polar surface area (TPSA) is 44.5 Å². The zero-order valence-electron chi connectivity index (χ0n) is 13.3. The van der Waals surface area contributed by atoms with E-state index in [0.717, 1.165) is 24.2 Å². The molecule has 3 nitrogen and oxygen atoms in total. The van der Waals surface area contributed by atoms with Gasteiger partial charge in [0.1, 0.15) is 11.5 Å². The molecule has 4 rings (SSSR count). The van der Waals surface area contributed by atoms with Crippen molar-refractivity contribution >= 4 is 5.69 Å². The van der Waals surface area contributed by atoms with Gasteiger partial charge in [0.05, 0.1) is 5.69 Å². The van der Waals surface area contributed by atoms with E-state index in [1.165, 1.54) is 5.56 Å². The van der Waals surface area contributed by atoms with E-state index < -0.39 is 5.79 Å². The summed E-state index contributed by atoms with van der Waals surface area (Å²) < 4.78 is 12.8. The number of anilines is 1. The second-order valence-electron chi connectivity index (χ2n) is 5.97. The van der Waals surface area contributed by atoms with Gasteiger partial charge in [0.15, 0.2) is 0 Å². The molecule has 1 aliphatic heterocycles. The van der Waals surface area contributed by atoms with Gasteiger partial charge in [-0.3, -0.25) is 0 Å². The van der Waals surface area contributed by atoms with E-state index in [2.05, 4.69) is 6.07 Å². The van der Waals surface area contributed by atoms with Crippen molar-refractivity contribution in [3.05, 3.63) is 90.0 Å². The fraction of sp³-hybridized carbons (Fsp3) is 0.143. The molecule has 0 fully saturated rings. The first kappa shape index (κ1) is 14.6. The largest absolute Gasteiger partial charge is 0.448 e. The zero-order valence-corrected chi connectivity index (χ0v) is 13.3. The molecular weight excluding hydrogens is 298 g/mol. The Morgan fingerprint density at radius 2 is 1.54 bits per heavy atom. The van der Waals surface area contributed by atoms with E-state index in [1.54, 1.807) is 0 Å². The molecule has 0 amide bonds. The van der Waals surface area contributed by atoms with Gasteiger partial charge in [-0.05, 0) is 30.2 Å². The van der Waals surface area contributed by atoms with Crippen LogP contribution in [0.1, 0.15) is 17.5 Å². The minimum Gasteiger partial charge on any atom is -0.448 e. The summed E-state index contributed by atoms with van der Waals surface area (Å²) in [5.41, 5.74) is 8.89. The molecule has 1 heterocycles. The lowest BCUT2D eigenvalue weighted by atomic mass is 9.94. The number of fused-ring (bicyclic) bond motifs is 1. The summed E-state index contributed by atoms with van der Waals surface area (Å²) in [6.07, 6.45) is 1.61. The molecule has 1 unspecified atom stereocenters. The van der Waals surface area contributed by atoms with Crippen molar-refractivity contribution in [3.8, 4) is 11.5 Å². The number of nitrogen functional groups attached to an aromatic ring is 1. The van der Waals surface area contributed by atoms with Gasteiger partial charge in [-0.25, -0.2) is 0 Å². The second-order valence-corrected chi connectivity index (χ2v) is 5.97. The minimum absolute atomic E-state index is 0.607. The Hall–Kier alpha value is -2.94. The van der Waals surface area contributed by atoms with Crippen molar-refractivity contribution in [2.75, 3.05) is 5.73 Å². The molecule has 0 bridgehead atoms. The minimum atomic E-state index is -0.870. The van der Waals surface area contributed by atoms with Crippen molar-refractivity contribution in [1.29, 1.82) is 0 Å². The van der Waals surface area contributed by atoms with Crippen LogP contribution < -0.4 is 15.2 Å². The molecule has 0 saturated heterocycles. The monoisotopic (exact) mass is 317 g/mol. The summed E-state index contributed by atoms with van der Waals surface area (Å²) in [6, 6.07) is 25.7. The van der Waals surface area contributed by atoms with Crippen LogP contribution in [0, 0.1) is 0 Å². The summed E-state index contributed by atoms with van der Waals surface area (Å²) in [7, 11) is 0. The van der Waals surface area contributed by atoms with Gasteiger partial charge in [-0.1, -0.05) is 60.7 Å². The third-order valence-electron chi connectivity index (χ3n) is 4.38. The fourth-order valence-corrected chi connectivity index (χ4v) is 3.12. The molecule has 3 heteroatoms. The van der Waals surface area contributed by atoms with E-state index in [4.69, 9.17) is 15.2 Å². The van der Waals surface area contributed by atoms with Crippen molar-refractivity contribution in [2.45, 2.75) is 18.6 Å². The Kier molecular flexibility index (Phi) is 3.62. The van der Waals surface area contributed by atoms with Crippen LogP contribution in [0.5, 0.6) is 11.5 Å². The van der Waals surface area contributed by atoms with Crippen LogP contribution in [0.25, 0.3) is 0 Å². The predicted molar refractivity (Wildman–Crippen MR) is 95.0 cm³/mol. The van der Waals surface area contributed by atoms with E-state index in [9.17, 15) is 0 Å². The molecule has 3 aromatic rings. The maximum absolute atomic E-state index is 6.39. The smallest absolute Gasteiger partial charge is 0.278 e. The average Bonchev–Trinajstić information content (AvgIpc) is 2.64. The molecule has 120 valence electrons. The first-order valence-corrected chi connectivity index (χ1v) is 8.13. The maximum atomic E-state index is 6.39. The molecule has 0 saturated carbocycles. The Balaban J connectivity index is 1.79. The molecule has 1 aliphatic rings. The second kappa shape index (κ2) is 5.93. The van der Waals surface area contributed by atoms with Gasteiger partial charge in [0.25, 0.3) is 5.79 Å². The standard InChI is InChI=1S/C21H19NO2/c22-18-11-5-7-13-20(18)24-21(17-9-2-1-3-10-17)15-14-16-8-4-6-12-19(16)23-21/h1-13H,14-15,22H2. The van der Waals surface area contributed by atoms with Gasteiger partial charge in [-0.2, -0.15) is 0 Å². The average molecular weight is 317 g/mol. The maximum Gasteiger partial charge on any atom is 0.278 e. The van der Waals surface area contributed by atoms with Gasteiger partial charge in [0.2, 0.25) is 0 Å². The number of hydrogen-bond acceptors (Lipinski definition) is 3. The number of aryl methyl sites for hydroxylation is 1. The molecule has 0 spiro atoms. The lowest BCUT2D eigenvalue weighted by Crippen LogP contribution is -2.42. The Morgan fingerprint density at radius 1 is 0.833 bits per heavy atom. The highest BCUT2D eigenvalue weighted by molar-refractivity contribution is 5.52. The van der Waals surface area contributed by atoms with Crippen molar-refractivity contribution < 1.29 is 9.47 Å². The fourth-order valence-electron chi connectivity index (χ4n) is 3.12. The third kappa shape index (κ3) is 2.58. The first-order valence-electron chi connectivity index (χ1n) is 8.13. The lowest BCUT2D eigenvalue weighted by molar-refractivity contribution is -0.135. The third-order valence-corrected chi connectivity index (χ3v) is 4.38. The van der Waals surface area contributed by atoms with Crippen LogP contribution in [-0.2, 0) is 12.2 Å². The summed E-state index contributed by atoms with van der Waals surface area (Å²) in [5.74, 6) is 0.633. The molecule has 2 N–H and O–H groups in total. The molecular formula is C21H19NO2. The van der Waals surface area contributed by atoms with Gasteiger partial charge < -0.3 is 15.2 Å². The number of para-hydroxylation sites is 3. The highest BCUT2D eigenvalue weighted by Crippen LogP contribution is 2.42. The molecule has 0 aliphatic carbocycles. The highest BCUT2D eigenvalue weighted by atomic mass is 16.7. The Labute approximate surface area is 141 Å². The normalized spacial score (nSPS) is 19.2. The zero-order chi connectivity index (χ0) is 16.4. The molecule has 0 radical (unpaired) electrons. The molecule has 0 aromatic heterocycles. The van der Waals surface area contributed by atoms with E-state index in [1.807, 2.05) is 72.8 Å². The van der Waals surface area contributed by atoms with Crippen LogP contribution >= 0.6 is 0 Å². The van der Waals surface area contributed by atoms with Crippen LogP contribution in [0.15, 0.2) is 78.9 Å². The van der Waals surface area contributed by atoms with Gasteiger partial charge in [0, 0.05) is 12.0 Å². The SMILES string of the molecule is Nc1ccccc1OC1(c2ccccc2)CCc2ccccc2O1. The summed E-state index contributed by atoms with van der Waals surface area (Å²) >= 11 is 0. The van der Waals surface area contributed by atoms with E-state index in [-0.39, 0.29) is 0 Å². The van der Waals surface area contributed by atoms with Crippen LogP contribution in [-0.4, -0.2) is 0 Å². The van der Waals surface area contributed by atoms with Crippen LogP contribution in [0.3, 0.4) is 0 Å². The van der Waals surface area contributed by atoms with Gasteiger partial charge in [-0.15, -0.1) is 0 Å². The summed E-state index contributed by atoms with van der Waals surface area (Å²) in [6.45, 7) is 0.